The number of ether oxygens (including phenoxy) is 1. The van der Waals surface area contributed by atoms with Gasteiger partial charge in [-0.05, 0) is 18.6 Å². The summed E-state index contributed by atoms with van der Waals surface area (Å²) in [6.07, 6.45) is -0.102. The number of hydrogen-bond donors (Lipinski definition) is 0. The topological polar surface area (TPSA) is 43.4 Å². The molecule has 0 bridgehead atoms. The Morgan fingerprint density at radius 1 is 1.25 bits per heavy atom. The van der Waals surface area contributed by atoms with Crippen LogP contribution in [0.15, 0.2) is 18.2 Å². The second kappa shape index (κ2) is 5.20. The SMILES string of the molecule is O=S(=O)(F)CCCOc1ccc(F)cc1F. The molecule has 0 fully saturated rings. The molecule has 0 amide bonds. The van der Waals surface area contributed by atoms with Crippen LogP contribution in [0, 0.1) is 11.6 Å². The molecule has 0 aromatic heterocycles. The fraction of sp³-hybridized carbons (Fsp3) is 0.333. The van der Waals surface area contributed by atoms with E-state index in [1.807, 2.05) is 0 Å². The lowest BCUT2D eigenvalue weighted by atomic mass is 10.3. The summed E-state index contributed by atoms with van der Waals surface area (Å²) in [4.78, 5) is 0. The third-order valence-electron chi connectivity index (χ3n) is 1.68. The average molecular weight is 254 g/mol. The molecule has 0 aliphatic carbocycles. The molecule has 1 aromatic rings. The van der Waals surface area contributed by atoms with Crippen LogP contribution in [0.25, 0.3) is 0 Å². The minimum atomic E-state index is -4.53. The Labute approximate surface area is 91.1 Å². The van der Waals surface area contributed by atoms with E-state index in [4.69, 9.17) is 4.74 Å². The van der Waals surface area contributed by atoms with Gasteiger partial charge >= 0.3 is 10.2 Å². The number of benzene rings is 1. The normalized spacial score (nSPS) is 11.4. The summed E-state index contributed by atoms with van der Waals surface area (Å²) < 4.78 is 62.5. The molecule has 1 aromatic carbocycles. The van der Waals surface area contributed by atoms with E-state index in [1.165, 1.54) is 0 Å². The lowest BCUT2D eigenvalue weighted by Crippen LogP contribution is -2.06. The highest BCUT2D eigenvalue weighted by atomic mass is 32.3. The fourth-order valence-corrected chi connectivity index (χ4v) is 1.47. The van der Waals surface area contributed by atoms with Crippen LogP contribution in [0.1, 0.15) is 6.42 Å². The fourth-order valence-electron chi connectivity index (χ4n) is 1.01. The Bertz CT molecular complexity index is 459. The number of halogens is 3. The van der Waals surface area contributed by atoms with Crippen LogP contribution < -0.4 is 4.74 Å². The molecule has 0 heterocycles. The standard InChI is InChI=1S/C9H9F3O3S/c10-7-2-3-9(8(11)6-7)15-4-1-5-16(12,13)14/h2-3,6H,1,4-5H2. The largest absolute Gasteiger partial charge is 0.490 e. The second-order valence-corrected chi connectivity index (χ2v) is 4.51. The Morgan fingerprint density at radius 2 is 1.94 bits per heavy atom. The summed E-state index contributed by atoms with van der Waals surface area (Å²) in [5, 5.41) is 0. The Balaban J connectivity index is 2.43. The maximum atomic E-state index is 13.0. The van der Waals surface area contributed by atoms with E-state index >= 15 is 0 Å². The molecule has 0 spiro atoms. The van der Waals surface area contributed by atoms with Gasteiger partial charge in [0.1, 0.15) is 5.82 Å². The van der Waals surface area contributed by atoms with Crippen LogP contribution in [0.4, 0.5) is 12.7 Å². The van der Waals surface area contributed by atoms with E-state index in [-0.39, 0.29) is 18.8 Å². The highest BCUT2D eigenvalue weighted by molar-refractivity contribution is 7.86. The molecule has 0 aliphatic rings. The van der Waals surface area contributed by atoms with Gasteiger partial charge in [-0.1, -0.05) is 0 Å². The minimum Gasteiger partial charge on any atom is -0.490 e. The van der Waals surface area contributed by atoms with Crippen molar-refractivity contribution in [2.24, 2.45) is 0 Å². The molecular weight excluding hydrogens is 245 g/mol. The Kier molecular flexibility index (Phi) is 4.17. The summed E-state index contributed by atoms with van der Waals surface area (Å²) in [5.41, 5.74) is 0. The summed E-state index contributed by atoms with van der Waals surface area (Å²) in [6.45, 7) is -0.161. The van der Waals surface area contributed by atoms with Gasteiger partial charge in [-0.25, -0.2) is 8.78 Å². The van der Waals surface area contributed by atoms with E-state index in [9.17, 15) is 21.1 Å². The molecule has 90 valence electrons. The predicted molar refractivity (Wildman–Crippen MR) is 51.4 cm³/mol. The second-order valence-electron chi connectivity index (χ2n) is 3.02. The van der Waals surface area contributed by atoms with Crippen molar-refractivity contribution >= 4 is 10.2 Å². The summed E-state index contributed by atoms with van der Waals surface area (Å²) in [5.74, 6) is -2.51. The van der Waals surface area contributed by atoms with Gasteiger partial charge in [0.15, 0.2) is 11.6 Å². The van der Waals surface area contributed by atoms with E-state index in [0.29, 0.717) is 6.07 Å². The van der Waals surface area contributed by atoms with Crippen LogP contribution in [0.3, 0.4) is 0 Å². The van der Waals surface area contributed by atoms with Gasteiger partial charge in [-0.3, -0.25) is 0 Å². The molecule has 0 saturated heterocycles. The van der Waals surface area contributed by atoms with Gasteiger partial charge in [-0.15, -0.1) is 3.89 Å². The molecule has 16 heavy (non-hydrogen) atoms. The molecule has 1 rings (SSSR count). The Hall–Kier alpha value is -1.24. The van der Waals surface area contributed by atoms with Gasteiger partial charge < -0.3 is 4.74 Å². The first kappa shape index (κ1) is 12.8. The van der Waals surface area contributed by atoms with E-state index in [1.54, 1.807) is 0 Å². The lowest BCUT2D eigenvalue weighted by molar-refractivity contribution is 0.300. The van der Waals surface area contributed by atoms with Crippen molar-refractivity contribution in [1.29, 1.82) is 0 Å². The average Bonchev–Trinajstić information content (AvgIpc) is 2.13. The molecular formula is C9H9F3O3S. The summed E-state index contributed by atoms with van der Waals surface area (Å²) in [6, 6.07) is 2.72. The van der Waals surface area contributed by atoms with Crippen LogP contribution in [-0.4, -0.2) is 20.8 Å². The zero-order valence-electron chi connectivity index (χ0n) is 8.12. The first-order valence-corrected chi connectivity index (χ1v) is 5.94. The van der Waals surface area contributed by atoms with Gasteiger partial charge in [0.05, 0.1) is 12.4 Å². The number of hydrogen-bond acceptors (Lipinski definition) is 3. The van der Waals surface area contributed by atoms with Crippen molar-refractivity contribution in [2.75, 3.05) is 12.4 Å². The van der Waals surface area contributed by atoms with Crippen LogP contribution in [-0.2, 0) is 10.2 Å². The minimum absolute atomic E-state index is 0.102. The van der Waals surface area contributed by atoms with Crippen LogP contribution in [0.5, 0.6) is 5.75 Å². The maximum Gasteiger partial charge on any atom is 0.302 e. The molecule has 0 N–H and O–H groups in total. The highest BCUT2D eigenvalue weighted by Gasteiger charge is 2.08. The molecule has 7 heteroatoms. The predicted octanol–water partition coefficient (Wildman–Crippen LogP) is 2.03. The van der Waals surface area contributed by atoms with Gasteiger partial charge in [0.25, 0.3) is 0 Å². The van der Waals surface area contributed by atoms with Crippen molar-refractivity contribution in [3.63, 3.8) is 0 Å². The molecule has 0 saturated carbocycles. The van der Waals surface area contributed by atoms with Crippen molar-refractivity contribution in [3.8, 4) is 5.75 Å². The summed E-state index contributed by atoms with van der Waals surface area (Å²) >= 11 is 0. The van der Waals surface area contributed by atoms with Gasteiger partial charge in [-0.2, -0.15) is 8.42 Å². The first-order chi connectivity index (χ1) is 7.38. The third kappa shape index (κ3) is 4.52. The van der Waals surface area contributed by atoms with E-state index in [0.717, 1.165) is 12.1 Å². The monoisotopic (exact) mass is 254 g/mol. The maximum absolute atomic E-state index is 13.0. The third-order valence-corrected chi connectivity index (χ3v) is 2.46. The quantitative estimate of drug-likeness (QED) is 0.596. The van der Waals surface area contributed by atoms with Gasteiger partial charge in [0, 0.05) is 6.07 Å². The molecule has 0 radical (unpaired) electrons. The Morgan fingerprint density at radius 3 is 2.50 bits per heavy atom. The number of rotatable bonds is 5. The van der Waals surface area contributed by atoms with Crippen LogP contribution >= 0.6 is 0 Å². The highest BCUT2D eigenvalue weighted by Crippen LogP contribution is 2.17. The van der Waals surface area contributed by atoms with Crippen LogP contribution in [0.2, 0.25) is 0 Å². The van der Waals surface area contributed by atoms with E-state index in [2.05, 4.69) is 0 Å². The van der Waals surface area contributed by atoms with Crippen molar-refractivity contribution in [1.82, 2.24) is 0 Å². The smallest absolute Gasteiger partial charge is 0.302 e. The first-order valence-electron chi connectivity index (χ1n) is 4.39. The van der Waals surface area contributed by atoms with Crippen molar-refractivity contribution < 1.29 is 25.8 Å². The molecule has 0 unspecified atom stereocenters. The molecule has 0 aliphatic heterocycles. The zero-order valence-corrected chi connectivity index (χ0v) is 8.94. The van der Waals surface area contributed by atoms with E-state index < -0.39 is 27.6 Å². The molecule has 3 nitrogen and oxygen atoms in total. The van der Waals surface area contributed by atoms with Gasteiger partial charge in [0.2, 0.25) is 0 Å². The lowest BCUT2D eigenvalue weighted by Gasteiger charge is -2.05. The molecule has 0 atom stereocenters. The van der Waals surface area contributed by atoms with Crippen molar-refractivity contribution in [2.45, 2.75) is 6.42 Å². The zero-order chi connectivity index (χ0) is 12.2. The van der Waals surface area contributed by atoms with Crippen molar-refractivity contribution in [3.05, 3.63) is 29.8 Å². The summed E-state index contributed by atoms with van der Waals surface area (Å²) in [7, 11) is -4.53.